The van der Waals surface area contributed by atoms with Crippen molar-refractivity contribution in [3.05, 3.63) is 60.0 Å². The predicted molar refractivity (Wildman–Crippen MR) is 129 cm³/mol. The van der Waals surface area contributed by atoms with Gasteiger partial charge in [-0.1, -0.05) is 53.7 Å². The van der Waals surface area contributed by atoms with Crippen LogP contribution in [0.3, 0.4) is 0 Å². The number of benzene rings is 2. The summed E-state index contributed by atoms with van der Waals surface area (Å²) in [5.41, 5.74) is 4.32. The van der Waals surface area contributed by atoms with Gasteiger partial charge in [-0.3, -0.25) is 0 Å². The number of rotatable bonds is 8. The highest BCUT2D eigenvalue weighted by Gasteiger charge is 2.45. The molecule has 3 rings (SSSR count). The van der Waals surface area contributed by atoms with Crippen LogP contribution in [0.1, 0.15) is 47.1 Å². The average Bonchev–Trinajstić information content (AvgIpc) is 3.09. The molecule has 0 aliphatic rings. The Bertz CT molecular complexity index is 971. The molecule has 0 saturated carbocycles. The van der Waals surface area contributed by atoms with Gasteiger partial charge in [0.1, 0.15) is 11.6 Å². The summed E-state index contributed by atoms with van der Waals surface area (Å²) in [5, 5.41) is 4.35. The third-order valence-electron chi connectivity index (χ3n) is 6.61. The molecule has 1 aromatic heterocycles. The van der Waals surface area contributed by atoms with Gasteiger partial charge in [-0.2, -0.15) is 0 Å². The van der Waals surface area contributed by atoms with Crippen molar-refractivity contribution in [1.29, 1.82) is 0 Å². The second-order valence-corrected chi connectivity index (χ2v) is 14.9. The lowest BCUT2D eigenvalue weighted by Gasteiger charge is -2.44. The lowest BCUT2D eigenvalue weighted by atomic mass is 10.2. The summed E-state index contributed by atoms with van der Waals surface area (Å²) < 4.78 is 22.8. The highest BCUT2D eigenvalue weighted by Crippen LogP contribution is 2.44. The van der Waals surface area contributed by atoms with Crippen molar-refractivity contribution in [2.45, 2.75) is 64.7 Å². The van der Waals surface area contributed by atoms with Crippen molar-refractivity contribution in [3.8, 4) is 5.75 Å². The fourth-order valence-corrected chi connectivity index (χ4v) is 12.0. The minimum absolute atomic E-state index is 0.199. The molecule has 5 heteroatoms. The first kappa shape index (κ1) is 22.4. The number of anilines is 1. The maximum Gasteiger partial charge on any atom is 0.169 e. The van der Waals surface area contributed by atoms with Crippen LogP contribution in [0.2, 0.25) is 16.6 Å². The van der Waals surface area contributed by atoms with Gasteiger partial charge in [0, 0.05) is 17.4 Å². The van der Waals surface area contributed by atoms with Crippen molar-refractivity contribution in [2.24, 2.45) is 0 Å². The summed E-state index contributed by atoms with van der Waals surface area (Å²) in [4.78, 5) is 0. The van der Waals surface area contributed by atoms with Crippen LogP contribution < -0.4 is 10.1 Å². The number of hydrogen-bond donors (Lipinski definition) is 1. The van der Waals surface area contributed by atoms with Gasteiger partial charge in [-0.25, -0.2) is 4.39 Å². The van der Waals surface area contributed by atoms with Crippen LogP contribution in [0.5, 0.6) is 5.75 Å². The maximum absolute atomic E-state index is 15.1. The largest absolute Gasteiger partial charge is 0.497 e. The molecule has 1 N–H and O–H groups in total. The molecule has 0 unspecified atom stereocenters. The number of halogens is 1. The van der Waals surface area contributed by atoms with Crippen LogP contribution in [-0.4, -0.2) is 19.6 Å². The Morgan fingerprint density at radius 3 is 2.07 bits per heavy atom. The Balaban J connectivity index is 1.96. The van der Waals surface area contributed by atoms with Crippen LogP contribution in [0, 0.1) is 5.82 Å². The number of nitrogens with one attached hydrogen (secondary N) is 1. The van der Waals surface area contributed by atoms with Crippen LogP contribution in [-0.2, 0) is 6.54 Å². The van der Waals surface area contributed by atoms with E-state index in [1.807, 2.05) is 30.3 Å². The van der Waals surface area contributed by atoms with Crippen LogP contribution >= 0.6 is 0 Å². The average molecular weight is 427 g/mol. The van der Waals surface area contributed by atoms with Gasteiger partial charge in [0.2, 0.25) is 0 Å². The van der Waals surface area contributed by atoms with Crippen molar-refractivity contribution in [2.75, 3.05) is 12.4 Å². The van der Waals surface area contributed by atoms with Gasteiger partial charge in [0.05, 0.1) is 12.8 Å². The Morgan fingerprint density at radius 2 is 1.53 bits per heavy atom. The lowest BCUT2D eigenvalue weighted by Crippen LogP contribution is -2.51. The summed E-state index contributed by atoms with van der Waals surface area (Å²) >= 11 is 0. The first-order valence-electron chi connectivity index (χ1n) is 10.9. The number of methoxy groups -OCH3 is 1. The van der Waals surface area contributed by atoms with Gasteiger partial charge in [0.15, 0.2) is 8.24 Å². The molecule has 0 radical (unpaired) electrons. The van der Waals surface area contributed by atoms with E-state index in [1.165, 1.54) is 0 Å². The quantitative estimate of drug-likeness (QED) is 0.379. The summed E-state index contributed by atoms with van der Waals surface area (Å²) in [6.45, 7) is 14.6. The molecule has 0 bridgehead atoms. The molecule has 0 aliphatic carbocycles. The summed E-state index contributed by atoms with van der Waals surface area (Å²) in [6.07, 6.45) is 2.20. The molecule has 2 aromatic carbocycles. The molecule has 0 amide bonds. The number of ether oxygens (including phenoxy) is 1. The standard InChI is InChI=1S/C25H35FN2OSi/c1-17(2)30(18(3)4,19(5)6)28-13-12-21-14-24(23(26)15-25(21)28)27-16-20-8-10-22(29-7)11-9-20/h8-15,17-19,27H,16H2,1-7H3. The lowest BCUT2D eigenvalue weighted by molar-refractivity contribution is 0.414. The minimum Gasteiger partial charge on any atom is -0.497 e. The van der Waals surface area contributed by atoms with E-state index in [0.29, 0.717) is 28.9 Å². The summed E-state index contributed by atoms with van der Waals surface area (Å²) in [5.74, 6) is 0.621. The normalized spacial score (nSPS) is 12.4. The van der Waals surface area contributed by atoms with E-state index in [4.69, 9.17) is 4.74 Å². The second kappa shape index (κ2) is 8.84. The van der Waals surface area contributed by atoms with E-state index < -0.39 is 8.24 Å². The highest BCUT2D eigenvalue weighted by molar-refractivity contribution is 6.82. The van der Waals surface area contributed by atoms with E-state index in [-0.39, 0.29) is 5.82 Å². The summed E-state index contributed by atoms with van der Waals surface area (Å²) in [6, 6.07) is 13.6. The first-order valence-corrected chi connectivity index (χ1v) is 13.1. The smallest absolute Gasteiger partial charge is 0.169 e. The van der Waals surface area contributed by atoms with Gasteiger partial charge in [-0.05, 0) is 58.7 Å². The molecular weight excluding hydrogens is 391 g/mol. The molecule has 0 atom stereocenters. The SMILES string of the molecule is COc1ccc(CNc2cc3ccn([Si](C(C)C)(C(C)C)C(C)C)c3cc2F)cc1. The van der Waals surface area contributed by atoms with E-state index in [9.17, 15) is 0 Å². The number of nitrogens with zero attached hydrogens (tertiary/aromatic N) is 1. The molecular formula is C25H35FN2OSi. The zero-order valence-electron chi connectivity index (χ0n) is 19.3. The monoisotopic (exact) mass is 426 g/mol. The zero-order valence-corrected chi connectivity index (χ0v) is 20.3. The Hall–Kier alpha value is -2.27. The van der Waals surface area contributed by atoms with Crippen LogP contribution in [0.15, 0.2) is 48.7 Å². The topological polar surface area (TPSA) is 26.2 Å². The van der Waals surface area contributed by atoms with Crippen molar-refractivity contribution in [3.63, 3.8) is 0 Å². The Kier molecular flexibility index (Phi) is 6.61. The summed E-state index contributed by atoms with van der Waals surface area (Å²) in [7, 11) is -0.267. The van der Waals surface area contributed by atoms with Crippen LogP contribution in [0.4, 0.5) is 10.1 Å². The van der Waals surface area contributed by atoms with E-state index >= 15 is 4.39 Å². The minimum atomic E-state index is -1.92. The molecule has 30 heavy (non-hydrogen) atoms. The third-order valence-corrected chi connectivity index (χ3v) is 13.4. The van der Waals surface area contributed by atoms with Crippen molar-refractivity contribution in [1.82, 2.24) is 4.23 Å². The molecule has 0 saturated heterocycles. The van der Waals surface area contributed by atoms with Gasteiger partial charge in [0.25, 0.3) is 0 Å². The molecule has 0 aliphatic heterocycles. The second-order valence-electron chi connectivity index (χ2n) is 9.13. The zero-order chi connectivity index (χ0) is 22.1. The molecule has 0 spiro atoms. The molecule has 0 fully saturated rings. The third kappa shape index (κ3) is 3.87. The van der Waals surface area contributed by atoms with Gasteiger partial charge < -0.3 is 14.3 Å². The number of fused-ring (bicyclic) bond motifs is 1. The van der Waals surface area contributed by atoms with Crippen molar-refractivity contribution < 1.29 is 9.13 Å². The van der Waals surface area contributed by atoms with E-state index in [0.717, 1.165) is 22.2 Å². The van der Waals surface area contributed by atoms with Gasteiger partial charge in [-0.15, -0.1) is 0 Å². The molecule has 1 heterocycles. The Morgan fingerprint density at radius 1 is 0.933 bits per heavy atom. The number of hydrogen-bond acceptors (Lipinski definition) is 2. The predicted octanol–water partition coefficient (Wildman–Crippen LogP) is 7.42. The highest BCUT2D eigenvalue weighted by atomic mass is 28.3. The molecule has 3 aromatic rings. The van der Waals surface area contributed by atoms with E-state index in [2.05, 4.69) is 63.4 Å². The maximum atomic E-state index is 15.1. The molecule has 3 nitrogen and oxygen atoms in total. The van der Waals surface area contributed by atoms with Crippen molar-refractivity contribution >= 4 is 24.8 Å². The fraction of sp³-hybridized carbons (Fsp3) is 0.440. The van der Waals surface area contributed by atoms with Crippen LogP contribution in [0.25, 0.3) is 10.9 Å². The molecule has 162 valence electrons. The van der Waals surface area contributed by atoms with Gasteiger partial charge >= 0.3 is 0 Å². The van der Waals surface area contributed by atoms with E-state index in [1.54, 1.807) is 13.2 Å². The fourth-order valence-electron chi connectivity index (χ4n) is 5.41. The number of aromatic nitrogens is 1. The first-order chi connectivity index (χ1) is 14.2. The Labute approximate surface area is 181 Å².